The molecule has 0 bridgehead atoms. The Labute approximate surface area is 125 Å². The zero-order valence-corrected chi connectivity index (χ0v) is 12.5. The quantitative estimate of drug-likeness (QED) is 0.837. The molecule has 1 atom stereocenters. The van der Waals surface area contributed by atoms with Gasteiger partial charge in [0.2, 0.25) is 5.91 Å². The molecular weight excluding hydrogens is 269 g/mol. The molecule has 4 heteroatoms. The number of ether oxygens (including phenoxy) is 1. The van der Waals surface area contributed by atoms with Gasteiger partial charge in [0.1, 0.15) is 5.82 Å². The van der Waals surface area contributed by atoms with Crippen LogP contribution in [0.4, 0.5) is 4.39 Å². The lowest BCUT2D eigenvalue weighted by Gasteiger charge is -2.26. The topological polar surface area (TPSA) is 29.5 Å². The number of halogens is 1. The zero-order valence-electron chi connectivity index (χ0n) is 12.5. The summed E-state index contributed by atoms with van der Waals surface area (Å²) in [4.78, 5) is 14.1. The van der Waals surface area contributed by atoms with E-state index >= 15 is 0 Å². The number of rotatable bonds is 2. The standard InChI is InChI=1S/C17H22FNO2/c1-13-4-2-5-14(16(13)18)12-19-10-9-17(7-3-11-21-17)8-6-15(19)20/h2,4-5H,3,6-12H2,1H3/t17-/m1/s1. The molecule has 0 saturated carbocycles. The van der Waals surface area contributed by atoms with E-state index in [0.717, 1.165) is 32.3 Å². The Morgan fingerprint density at radius 1 is 1.33 bits per heavy atom. The van der Waals surface area contributed by atoms with Crippen LogP contribution in [0, 0.1) is 12.7 Å². The monoisotopic (exact) mass is 291 g/mol. The largest absolute Gasteiger partial charge is 0.375 e. The molecule has 1 aromatic rings. The van der Waals surface area contributed by atoms with Gasteiger partial charge >= 0.3 is 0 Å². The molecule has 2 saturated heterocycles. The highest BCUT2D eigenvalue weighted by Gasteiger charge is 2.38. The zero-order chi connectivity index (χ0) is 14.9. The average Bonchev–Trinajstić information content (AvgIpc) is 2.88. The summed E-state index contributed by atoms with van der Waals surface area (Å²) in [6.07, 6.45) is 4.31. The molecule has 2 fully saturated rings. The molecule has 3 nitrogen and oxygen atoms in total. The van der Waals surface area contributed by atoms with E-state index in [0.29, 0.717) is 30.6 Å². The molecule has 1 amide bonds. The highest BCUT2D eigenvalue weighted by Crippen LogP contribution is 2.36. The summed E-state index contributed by atoms with van der Waals surface area (Å²) in [5, 5.41) is 0. The molecule has 1 spiro atoms. The number of nitrogens with zero attached hydrogens (tertiary/aromatic N) is 1. The van der Waals surface area contributed by atoms with Crippen LogP contribution in [0.3, 0.4) is 0 Å². The maximum Gasteiger partial charge on any atom is 0.222 e. The van der Waals surface area contributed by atoms with Gasteiger partial charge in [-0.15, -0.1) is 0 Å². The van der Waals surface area contributed by atoms with Gasteiger partial charge in [-0.3, -0.25) is 4.79 Å². The van der Waals surface area contributed by atoms with E-state index in [-0.39, 0.29) is 17.3 Å². The lowest BCUT2D eigenvalue weighted by atomic mass is 9.92. The number of benzene rings is 1. The summed E-state index contributed by atoms with van der Waals surface area (Å²) in [6.45, 7) is 3.58. The molecule has 0 radical (unpaired) electrons. The number of hydrogen-bond donors (Lipinski definition) is 0. The Morgan fingerprint density at radius 3 is 2.95 bits per heavy atom. The summed E-state index contributed by atoms with van der Waals surface area (Å²) < 4.78 is 20.0. The van der Waals surface area contributed by atoms with Gasteiger partial charge in [0.25, 0.3) is 0 Å². The first-order valence-electron chi connectivity index (χ1n) is 7.75. The number of carbonyl (C=O) groups is 1. The van der Waals surface area contributed by atoms with Crippen molar-refractivity contribution in [2.24, 2.45) is 0 Å². The molecule has 0 aliphatic carbocycles. The van der Waals surface area contributed by atoms with Crippen molar-refractivity contribution in [2.45, 2.75) is 51.2 Å². The second-order valence-corrected chi connectivity index (χ2v) is 6.25. The Bertz CT molecular complexity index is 538. The Morgan fingerprint density at radius 2 is 2.19 bits per heavy atom. The van der Waals surface area contributed by atoms with E-state index in [1.54, 1.807) is 24.0 Å². The first kappa shape index (κ1) is 14.5. The van der Waals surface area contributed by atoms with Gasteiger partial charge in [-0.25, -0.2) is 4.39 Å². The molecule has 0 N–H and O–H groups in total. The fraction of sp³-hybridized carbons (Fsp3) is 0.588. The molecule has 2 aliphatic heterocycles. The first-order chi connectivity index (χ1) is 10.1. The number of aryl methyl sites for hydroxylation is 1. The highest BCUT2D eigenvalue weighted by atomic mass is 19.1. The molecule has 0 aromatic heterocycles. The number of amides is 1. The van der Waals surface area contributed by atoms with Gasteiger partial charge in [-0.2, -0.15) is 0 Å². The Kier molecular flexibility index (Phi) is 3.98. The third-order valence-electron chi connectivity index (χ3n) is 4.80. The molecule has 2 heterocycles. The Hall–Kier alpha value is -1.42. The van der Waals surface area contributed by atoms with E-state index < -0.39 is 0 Å². The van der Waals surface area contributed by atoms with E-state index in [4.69, 9.17) is 4.74 Å². The van der Waals surface area contributed by atoms with Gasteiger partial charge in [-0.1, -0.05) is 18.2 Å². The highest BCUT2D eigenvalue weighted by molar-refractivity contribution is 5.76. The predicted molar refractivity (Wildman–Crippen MR) is 78.3 cm³/mol. The molecule has 1 aromatic carbocycles. The van der Waals surface area contributed by atoms with Crippen LogP contribution in [-0.4, -0.2) is 29.6 Å². The van der Waals surface area contributed by atoms with E-state index in [9.17, 15) is 9.18 Å². The molecule has 2 aliphatic rings. The van der Waals surface area contributed by atoms with Crippen LogP contribution < -0.4 is 0 Å². The van der Waals surface area contributed by atoms with Crippen molar-refractivity contribution in [3.8, 4) is 0 Å². The maximum absolute atomic E-state index is 14.1. The summed E-state index contributed by atoms with van der Waals surface area (Å²) in [5.74, 6) is -0.0790. The lowest BCUT2D eigenvalue weighted by Crippen LogP contribution is -2.32. The van der Waals surface area contributed by atoms with Crippen LogP contribution >= 0.6 is 0 Å². The van der Waals surface area contributed by atoms with Gasteiger partial charge in [0.15, 0.2) is 0 Å². The van der Waals surface area contributed by atoms with Crippen molar-refractivity contribution in [3.63, 3.8) is 0 Å². The molecule has 114 valence electrons. The number of likely N-dealkylation sites (tertiary alicyclic amines) is 1. The van der Waals surface area contributed by atoms with Crippen molar-refractivity contribution in [1.29, 1.82) is 0 Å². The molecule has 3 rings (SSSR count). The van der Waals surface area contributed by atoms with Crippen LogP contribution in [0.15, 0.2) is 18.2 Å². The van der Waals surface area contributed by atoms with Crippen LogP contribution in [-0.2, 0) is 16.1 Å². The van der Waals surface area contributed by atoms with Gasteiger partial charge in [-0.05, 0) is 38.2 Å². The van der Waals surface area contributed by atoms with Gasteiger partial charge in [0.05, 0.1) is 5.60 Å². The second kappa shape index (κ2) is 5.76. The lowest BCUT2D eigenvalue weighted by molar-refractivity contribution is -0.131. The van der Waals surface area contributed by atoms with Crippen molar-refractivity contribution >= 4 is 5.91 Å². The van der Waals surface area contributed by atoms with E-state index in [2.05, 4.69) is 0 Å². The van der Waals surface area contributed by atoms with Crippen molar-refractivity contribution in [2.75, 3.05) is 13.2 Å². The smallest absolute Gasteiger partial charge is 0.222 e. The third-order valence-corrected chi connectivity index (χ3v) is 4.80. The summed E-state index contributed by atoms with van der Waals surface area (Å²) >= 11 is 0. The molecule has 21 heavy (non-hydrogen) atoms. The summed E-state index contributed by atoms with van der Waals surface area (Å²) in [6, 6.07) is 5.37. The van der Waals surface area contributed by atoms with Gasteiger partial charge < -0.3 is 9.64 Å². The molecular formula is C17H22FNO2. The summed E-state index contributed by atoms with van der Waals surface area (Å²) in [5.41, 5.74) is 1.13. The SMILES string of the molecule is Cc1cccc(CN2CC[C@@]3(CCCO3)CCC2=O)c1F. The minimum absolute atomic E-state index is 0.102. The second-order valence-electron chi connectivity index (χ2n) is 6.25. The first-order valence-corrected chi connectivity index (χ1v) is 7.75. The predicted octanol–water partition coefficient (Wildman–Crippen LogP) is 3.20. The number of hydrogen-bond acceptors (Lipinski definition) is 2. The van der Waals surface area contributed by atoms with Crippen LogP contribution in [0.25, 0.3) is 0 Å². The minimum atomic E-state index is -0.193. The normalized spacial score (nSPS) is 26.4. The average molecular weight is 291 g/mol. The van der Waals surface area contributed by atoms with E-state index in [1.807, 2.05) is 6.07 Å². The maximum atomic E-state index is 14.1. The van der Waals surface area contributed by atoms with Crippen LogP contribution in [0.2, 0.25) is 0 Å². The van der Waals surface area contributed by atoms with Crippen molar-refractivity contribution < 1.29 is 13.9 Å². The van der Waals surface area contributed by atoms with Crippen molar-refractivity contribution in [1.82, 2.24) is 4.90 Å². The van der Waals surface area contributed by atoms with Gasteiger partial charge in [0, 0.05) is 31.7 Å². The fourth-order valence-electron chi connectivity index (χ4n) is 3.43. The van der Waals surface area contributed by atoms with Crippen LogP contribution in [0.1, 0.15) is 43.2 Å². The minimum Gasteiger partial charge on any atom is -0.375 e. The molecule has 0 unspecified atom stereocenters. The van der Waals surface area contributed by atoms with E-state index in [1.165, 1.54) is 0 Å². The third kappa shape index (κ3) is 2.95. The van der Waals surface area contributed by atoms with Crippen LogP contribution in [0.5, 0.6) is 0 Å². The number of carbonyl (C=O) groups excluding carboxylic acids is 1. The van der Waals surface area contributed by atoms with Crippen molar-refractivity contribution in [3.05, 3.63) is 35.1 Å². The summed E-state index contributed by atoms with van der Waals surface area (Å²) in [7, 11) is 0. The Balaban J connectivity index is 1.73. The fourth-order valence-corrected chi connectivity index (χ4v) is 3.43.